The summed E-state index contributed by atoms with van der Waals surface area (Å²) < 4.78 is 5.31. The number of ether oxygens (including phenoxy) is 1. The van der Waals surface area contributed by atoms with Crippen LogP contribution in [-0.2, 0) is 4.74 Å². The number of nitrogens with zero attached hydrogens (tertiary/aromatic N) is 3. The highest BCUT2D eigenvalue weighted by molar-refractivity contribution is 5.42. The lowest BCUT2D eigenvalue weighted by Crippen LogP contribution is -2.26. The molecule has 92 valence electrons. The zero-order chi connectivity index (χ0) is 12.3. The molecule has 1 unspecified atom stereocenters. The third-order valence-electron chi connectivity index (χ3n) is 2.89. The summed E-state index contributed by atoms with van der Waals surface area (Å²) in [7, 11) is 1.94. The van der Waals surface area contributed by atoms with Crippen LogP contribution in [-0.4, -0.2) is 36.7 Å². The monoisotopic (exact) mass is 237 g/mol. The van der Waals surface area contributed by atoms with Crippen molar-refractivity contribution in [3.05, 3.63) is 28.4 Å². The number of nitro groups is 1. The van der Waals surface area contributed by atoms with E-state index in [1.807, 2.05) is 11.9 Å². The van der Waals surface area contributed by atoms with Crippen LogP contribution in [0.3, 0.4) is 0 Å². The molecular weight excluding hydrogens is 222 g/mol. The number of aromatic nitrogens is 1. The van der Waals surface area contributed by atoms with Crippen LogP contribution in [0.4, 0.5) is 11.5 Å². The summed E-state index contributed by atoms with van der Waals surface area (Å²) in [5.74, 6) is 1.28. The van der Waals surface area contributed by atoms with E-state index in [0.717, 1.165) is 32.0 Å². The highest BCUT2D eigenvalue weighted by atomic mass is 16.6. The summed E-state index contributed by atoms with van der Waals surface area (Å²) in [5, 5.41) is 10.5. The summed E-state index contributed by atoms with van der Waals surface area (Å²) >= 11 is 0. The summed E-state index contributed by atoms with van der Waals surface area (Å²) in [6, 6.07) is 3.15. The van der Waals surface area contributed by atoms with Crippen molar-refractivity contribution in [2.24, 2.45) is 5.92 Å². The van der Waals surface area contributed by atoms with Crippen molar-refractivity contribution in [2.75, 3.05) is 31.7 Å². The van der Waals surface area contributed by atoms with Gasteiger partial charge in [0, 0.05) is 32.2 Å². The Morgan fingerprint density at radius 3 is 3.00 bits per heavy atom. The zero-order valence-electron chi connectivity index (χ0n) is 9.70. The molecule has 0 amide bonds. The van der Waals surface area contributed by atoms with Crippen LogP contribution in [0, 0.1) is 16.0 Å². The van der Waals surface area contributed by atoms with Gasteiger partial charge in [0.15, 0.2) is 0 Å². The Balaban J connectivity index is 1.98. The quantitative estimate of drug-likeness (QED) is 0.585. The van der Waals surface area contributed by atoms with Crippen LogP contribution < -0.4 is 4.90 Å². The van der Waals surface area contributed by atoms with Gasteiger partial charge in [-0.25, -0.2) is 4.98 Å². The predicted octanol–water partition coefficient (Wildman–Crippen LogP) is 1.46. The van der Waals surface area contributed by atoms with Gasteiger partial charge in [-0.05, 0) is 12.5 Å². The number of rotatable bonds is 4. The summed E-state index contributed by atoms with van der Waals surface area (Å²) in [5.41, 5.74) is 0.0198. The van der Waals surface area contributed by atoms with Crippen molar-refractivity contribution in [1.82, 2.24) is 4.98 Å². The molecule has 0 radical (unpaired) electrons. The first-order valence-electron chi connectivity index (χ1n) is 5.56. The fourth-order valence-corrected chi connectivity index (χ4v) is 1.92. The van der Waals surface area contributed by atoms with E-state index in [2.05, 4.69) is 4.98 Å². The van der Waals surface area contributed by atoms with Gasteiger partial charge in [0.05, 0.1) is 11.5 Å². The molecule has 1 aliphatic rings. The summed E-state index contributed by atoms with van der Waals surface area (Å²) in [6.45, 7) is 2.48. The van der Waals surface area contributed by atoms with Gasteiger partial charge in [-0.1, -0.05) is 0 Å². The molecule has 1 aliphatic heterocycles. The standard InChI is InChI=1S/C11H15N3O3/c1-13(7-9-4-5-17-8-9)11-3-2-10(6-12-11)14(15)16/h2-3,6,9H,4-5,7-8H2,1H3. The molecule has 0 bridgehead atoms. The van der Waals surface area contributed by atoms with Gasteiger partial charge < -0.3 is 9.64 Å². The van der Waals surface area contributed by atoms with E-state index in [4.69, 9.17) is 4.74 Å². The first-order chi connectivity index (χ1) is 8.16. The maximum Gasteiger partial charge on any atom is 0.287 e. The molecule has 0 spiro atoms. The SMILES string of the molecule is CN(CC1CCOC1)c1ccc([N+](=O)[O-])cn1. The van der Waals surface area contributed by atoms with E-state index in [0.29, 0.717) is 5.92 Å². The Morgan fingerprint density at radius 1 is 1.65 bits per heavy atom. The van der Waals surface area contributed by atoms with E-state index < -0.39 is 4.92 Å². The van der Waals surface area contributed by atoms with Gasteiger partial charge in [-0.15, -0.1) is 0 Å². The third kappa shape index (κ3) is 2.91. The van der Waals surface area contributed by atoms with Crippen LogP contribution in [0.2, 0.25) is 0 Å². The fraction of sp³-hybridized carbons (Fsp3) is 0.545. The van der Waals surface area contributed by atoms with Crippen molar-refractivity contribution in [3.63, 3.8) is 0 Å². The second-order valence-electron chi connectivity index (χ2n) is 4.24. The van der Waals surface area contributed by atoms with E-state index in [-0.39, 0.29) is 5.69 Å². The smallest absolute Gasteiger partial charge is 0.287 e. The second kappa shape index (κ2) is 5.09. The average Bonchev–Trinajstić information content (AvgIpc) is 2.82. The highest BCUT2D eigenvalue weighted by Crippen LogP contribution is 2.18. The number of anilines is 1. The van der Waals surface area contributed by atoms with Crippen LogP contribution in [0.1, 0.15) is 6.42 Å². The lowest BCUT2D eigenvalue weighted by molar-refractivity contribution is -0.385. The van der Waals surface area contributed by atoms with E-state index >= 15 is 0 Å². The predicted molar refractivity (Wildman–Crippen MR) is 63.1 cm³/mol. The van der Waals surface area contributed by atoms with Crippen molar-refractivity contribution in [1.29, 1.82) is 0 Å². The average molecular weight is 237 g/mol. The molecule has 17 heavy (non-hydrogen) atoms. The molecule has 0 N–H and O–H groups in total. The van der Waals surface area contributed by atoms with E-state index in [1.54, 1.807) is 6.07 Å². The Labute approximate surface area is 99.4 Å². The first-order valence-corrected chi connectivity index (χ1v) is 5.56. The molecule has 1 saturated heterocycles. The second-order valence-corrected chi connectivity index (χ2v) is 4.24. The van der Waals surface area contributed by atoms with Crippen molar-refractivity contribution < 1.29 is 9.66 Å². The largest absolute Gasteiger partial charge is 0.381 e. The molecule has 0 saturated carbocycles. The normalized spacial score (nSPS) is 19.2. The Hall–Kier alpha value is -1.69. The molecule has 0 aromatic carbocycles. The molecule has 6 heteroatoms. The van der Waals surface area contributed by atoms with Crippen LogP contribution in [0.25, 0.3) is 0 Å². The number of hydrogen-bond donors (Lipinski definition) is 0. The number of hydrogen-bond acceptors (Lipinski definition) is 5. The maximum atomic E-state index is 10.5. The number of pyridine rings is 1. The van der Waals surface area contributed by atoms with Crippen molar-refractivity contribution >= 4 is 11.5 Å². The molecule has 2 rings (SSSR count). The Morgan fingerprint density at radius 2 is 2.47 bits per heavy atom. The lowest BCUT2D eigenvalue weighted by Gasteiger charge is -2.20. The van der Waals surface area contributed by atoms with Crippen molar-refractivity contribution in [3.8, 4) is 0 Å². The molecule has 1 aromatic heterocycles. The Kier molecular flexibility index (Phi) is 3.53. The van der Waals surface area contributed by atoms with Crippen LogP contribution >= 0.6 is 0 Å². The van der Waals surface area contributed by atoms with Gasteiger partial charge in [0.1, 0.15) is 12.0 Å². The molecule has 1 fully saturated rings. The van der Waals surface area contributed by atoms with Crippen molar-refractivity contribution in [2.45, 2.75) is 6.42 Å². The van der Waals surface area contributed by atoms with E-state index in [1.165, 1.54) is 12.3 Å². The van der Waals surface area contributed by atoms with Crippen LogP contribution in [0.15, 0.2) is 18.3 Å². The molecule has 2 heterocycles. The molecule has 6 nitrogen and oxygen atoms in total. The molecule has 1 atom stereocenters. The minimum absolute atomic E-state index is 0.0198. The van der Waals surface area contributed by atoms with Crippen LogP contribution in [0.5, 0.6) is 0 Å². The fourth-order valence-electron chi connectivity index (χ4n) is 1.92. The minimum Gasteiger partial charge on any atom is -0.381 e. The van der Waals surface area contributed by atoms with Gasteiger partial charge in [-0.2, -0.15) is 0 Å². The molecular formula is C11H15N3O3. The summed E-state index contributed by atoms with van der Waals surface area (Å²) in [6.07, 6.45) is 2.36. The molecule has 0 aliphatic carbocycles. The van der Waals surface area contributed by atoms with Gasteiger partial charge >= 0.3 is 0 Å². The minimum atomic E-state index is -0.443. The topological polar surface area (TPSA) is 68.5 Å². The van der Waals surface area contributed by atoms with Gasteiger partial charge in [0.25, 0.3) is 5.69 Å². The first kappa shape index (κ1) is 11.8. The maximum absolute atomic E-state index is 10.5. The summed E-state index contributed by atoms with van der Waals surface area (Å²) in [4.78, 5) is 16.1. The lowest BCUT2D eigenvalue weighted by atomic mass is 10.1. The van der Waals surface area contributed by atoms with Gasteiger partial charge in [-0.3, -0.25) is 10.1 Å². The third-order valence-corrected chi connectivity index (χ3v) is 2.89. The van der Waals surface area contributed by atoms with Gasteiger partial charge in [0.2, 0.25) is 0 Å². The Bertz CT molecular complexity index is 387. The highest BCUT2D eigenvalue weighted by Gasteiger charge is 2.18. The molecule has 1 aromatic rings. The zero-order valence-corrected chi connectivity index (χ0v) is 9.70. The van der Waals surface area contributed by atoms with E-state index in [9.17, 15) is 10.1 Å².